The van der Waals surface area contributed by atoms with E-state index in [4.69, 9.17) is 29.8 Å². The van der Waals surface area contributed by atoms with Gasteiger partial charge in [-0.25, -0.2) is 28.3 Å². The zero-order valence-electron chi connectivity index (χ0n) is 29.7. The Bertz CT molecular complexity index is 2100. The van der Waals surface area contributed by atoms with Crippen molar-refractivity contribution in [2.24, 2.45) is 0 Å². The molecule has 2 aromatic heterocycles. The lowest BCUT2D eigenvalue weighted by Crippen LogP contribution is -2.23. The maximum atomic E-state index is 13.2. The topological polar surface area (TPSA) is 134 Å². The molecule has 8 rings (SSSR count). The van der Waals surface area contributed by atoms with Crippen LogP contribution in [0, 0.1) is 11.6 Å². The second-order valence-electron chi connectivity index (χ2n) is 13.1. The van der Waals surface area contributed by atoms with Gasteiger partial charge in [0.05, 0.1) is 22.1 Å². The smallest absolute Gasteiger partial charge is 0.414 e. The minimum Gasteiger partial charge on any atom is -0.473 e. The van der Waals surface area contributed by atoms with E-state index >= 15 is 0 Å². The van der Waals surface area contributed by atoms with Crippen LogP contribution in [0.3, 0.4) is 0 Å². The molecule has 0 amide bonds. The van der Waals surface area contributed by atoms with Crippen LogP contribution in [0.15, 0.2) is 108 Å². The van der Waals surface area contributed by atoms with Gasteiger partial charge < -0.3 is 30.0 Å². The molecule has 0 spiro atoms. The number of hydrogen-bond acceptors (Lipinski definition) is 6. The Morgan fingerprint density at radius 1 is 0.574 bits per heavy atom. The maximum Gasteiger partial charge on any atom is 0.414 e. The molecule has 0 bridgehead atoms. The fraction of sp³-hybridized carbons (Fsp3) is 0.238. The number of imidazole rings is 2. The summed E-state index contributed by atoms with van der Waals surface area (Å²) in [4.78, 5) is 27.8. The molecular weight excluding hydrogens is 690 g/mol. The van der Waals surface area contributed by atoms with E-state index in [1.54, 1.807) is 0 Å². The van der Waals surface area contributed by atoms with Gasteiger partial charge in [-0.05, 0) is 124 Å². The molecule has 2 aliphatic heterocycles. The highest BCUT2D eigenvalue weighted by Crippen LogP contribution is 2.24. The average Bonchev–Trinajstić information content (AvgIpc) is 3.71. The number of piperidine rings is 2. The normalized spacial score (nSPS) is 14.1. The second kappa shape index (κ2) is 18.2. The minimum atomic E-state index is -1.82. The molecule has 4 heterocycles. The van der Waals surface area contributed by atoms with E-state index < -0.39 is 11.9 Å². The second-order valence-corrected chi connectivity index (χ2v) is 13.1. The number of carboxylic acids is 2. The summed E-state index contributed by atoms with van der Waals surface area (Å²) >= 11 is 0. The third kappa shape index (κ3) is 10.1. The molecule has 54 heavy (non-hydrogen) atoms. The number of aromatic nitrogens is 4. The van der Waals surface area contributed by atoms with Crippen molar-refractivity contribution in [3.05, 3.63) is 143 Å². The average molecular weight is 733 g/mol. The fourth-order valence-corrected chi connectivity index (χ4v) is 6.44. The standard InChI is InChI=1S/2C20H20FN3.C2H2O4/c2*21-17-7-5-16(6-8-17)14-24-19-4-2-1-3-18(19)23-20(24)13-15-9-11-22-12-10-15;3-1(4)2(5)6/h2*1-8,13,22H,9-12,14H2;(H,3,4)(H,5,6). The molecule has 4 aromatic carbocycles. The van der Waals surface area contributed by atoms with E-state index in [0.717, 1.165) is 96.7 Å². The van der Waals surface area contributed by atoms with Crippen molar-refractivity contribution in [1.82, 2.24) is 29.7 Å². The van der Waals surface area contributed by atoms with Crippen molar-refractivity contribution < 1.29 is 28.6 Å². The Labute approximate surface area is 311 Å². The Kier molecular flexibility index (Phi) is 12.7. The molecule has 278 valence electrons. The molecule has 12 heteroatoms. The molecule has 4 N–H and O–H groups in total. The number of carboxylic acid groups (broad SMARTS) is 2. The Balaban J connectivity index is 0.000000160. The van der Waals surface area contributed by atoms with Crippen LogP contribution in [-0.2, 0) is 22.7 Å². The van der Waals surface area contributed by atoms with Gasteiger partial charge in [0, 0.05) is 13.1 Å². The van der Waals surface area contributed by atoms with Gasteiger partial charge in [-0.15, -0.1) is 0 Å². The van der Waals surface area contributed by atoms with Crippen LogP contribution in [0.1, 0.15) is 48.5 Å². The summed E-state index contributed by atoms with van der Waals surface area (Å²) in [6.45, 7) is 5.51. The molecule has 0 atom stereocenters. The third-order valence-corrected chi connectivity index (χ3v) is 9.22. The van der Waals surface area contributed by atoms with E-state index in [1.807, 2.05) is 60.7 Å². The van der Waals surface area contributed by atoms with Gasteiger partial charge in [0.2, 0.25) is 0 Å². The molecule has 2 saturated heterocycles. The van der Waals surface area contributed by atoms with Crippen LogP contribution in [-0.4, -0.2) is 67.4 Å². The van der Waals surface area contributed by atoms with Crippen LogP contribution >= 0.6 is 0 Å². The van der Waals surface area contributed by atoms with Crippen LogP contribution in [0.4, 0.5) is 8.78 Å². The lowest BCUT2D eigenvalue weighted by molar-refractivity contribution is -0.159. The van der Waals surface area contributed by atoms with Crippen LogP contribution < -0.4 is 10.6 Å². The van der Waals surface area contributed by atoms with E-state index in [9.17, 15) is 8.78 Å². The van der Waals surface area contributed by atoms with Crippen molar-refractivity contribution in [2.75, 3.05) is 26.2 Å². The van der Waals surface area contributed by atoms with Crippen molar-refractivity contribution in [1.29, 1.82) is 0 Å². The van der Waals surface area contributed by atoms with Gasteiger partial charge >= 0.3 is 11.9 Å². The number of fused-ring (bicyclic) bond motifs is 2. The maximum absolute atomic E-state index is 13.2. The van der Waals surface area contributed by atoms with Crippen molar-refractivity contribution in [3.8, 4) is 0 Å². The quantitative estimate of drug-likeness (QED) is 0.133. The zero-order valence-corrected chi connectivity index (χ0v) is 29.7. The zero-order chi connectivity index (χ0) is 37.9. The first kappa shape index (κ1) is 37.8. The van der Waals surface area contributed by atoms with Crippen LogP contribution in [0.2, 0.25) is 0 Å². The van der Waals surface area contributed by atoms with Crippen LogP contribution in [0.25, 0.3) is 34.2 Å². The molecule has 2 aliphatic rings. The highest BCUT2D eigenvalue weighted by atomic mass is 19.1. The lowest BCUT2D eigenvalue weighted by Gasteiger charge is -2.15. The summed E-state index contributed by atoms with van der Waals surface area (Å²) in [7, 11) is 0. The minimum absolute atomic E-state index is 0.203. The summed E-state index contributed by atoms with van der Waals surface area (Å²) in [6.07, 6.45) is 8.73. The molecule has 2 fully saturated rings. The number of nitrogens with one attached hydrogen (secondary N) is 2. The van der Waals surface area contributed by atoms with Crippen LogP contribution in [0.5, 0.6) is 0 Å². The molecule has 10 nitrogen and oxygen atoms in total. The highest BCUT2D eigenvalue weighted by Gasteiger charge is 2.14. The number of aliphatic carboxylic acids is 2. The summed E-state index contributed by atoms with van der Waals surface area (Å²) in [5.74, 6) is -2.09. The first-order valence-electron chi connectivity index (χ1n) is 17.9. The first-order valence-corrected chi connectivity index (χ1v) is 17.9. The number of benzene rings is 4. The SMILES string of the molecule is Fc1ccc(Cn2c(C=C3CCNCC3)nc3ccccc32)cc1.Fc1ccc(Cn2c(C=C3CCNCC3)nc3ccccc32)cc1.O=C(O)C(=O)O. The van der Waals surface area contributed by atoms with Crippen molar-refractivity contribution in [2.45, 2.75) is 38.8 Å². The highest BCUT2D eigenvalue weighted by molar-refractivity contribution is 6.27. The van der Waals surface area contributed by atoms with Gasteiger partial charge in [0.15, 0.2) is 0 Å². The van der Waals surface area contributed by atoms with Gasteiger partial charge in [0.1, 0.15) is 23.3 Å². The number of nitrogens with zero attached hydrogens (tertiary/aromatic N) is 4. The van der Waals surface area contributed by atoms with E-state index in [0.29, 0.717) is 13.1 Å². The lowest BCUT2D eigenvalue weighted by atomic mass is 10.1. The first-order chi connectivity index (χ1) is 26.2. The Hall–Kier alpha value is -5.98. The number of halogens is 2. The molecule has 0 saturated carbocycles. The van der Waals surface area contributed by atoms with E-state index in [-0.39, 0.29) is 11.6 Å². The van der Waals surface area contributed by atoms with Crippen molar-refractivity contribution in [3.63, 3.8) is 0 Å². The van der Waals surface area contributed by atoms with Gasteiger partial charge in [-0.1, -0.05) is 59.7 Å². The molecule has 0 aliphatic carbocycles. The van der Waals surface area contributed by atoms with E-state index in [2.05, 4.69) is 44.1 Å². The summed E-state index contributed by atoms with van der Waals surface area (Å²) in [5.41, 5.74) is 9.24. The van der Waals surface area contributed by atoms with Gasteiger partial charge in [-0.3, -0.25) is 0 Å². The summed E-state index contributed by atoms with van der Waals surface area (Å²) < 4.78 is 30.8. The predicted molar refractivity (Wildman–Crippen MR) is 206 cm³/mol. The summed E-state index contributed by atoms with van der Waals surface area (Å²) in [5, 5.41) is 21.5. The van der Waals surface area contributed by atoms with Gasteiger partial charge in [0.25, 0.3) is 0 Å². The number of para-hydroxylation sites is 4. The fourth-order valence-electron chi connectivity index (χ4n) is 6.44. The third-order valence-electron chi connectivity index (χ3n) is 9.22. The molecule has 0 radical (unpaired) electrons. The van der Waals surface area contributed by atoms with Gasteiger partial charge in [-0.2, -0.15) is 0 Å². The Morgan fingerprint density at radius 2 is 0.926 bits per heavy atom. The van der Waals surface area contributed by atoms with E-state index in [1.165, 1.54) is 35.4 Å². The molecule has 6 aromatic rings. The van der Waals surface area contributed by atoms with Crippen molar-refractivity contribution >= 4 is 46.2 Å². The molecular formula is C42H42F2N6O4. The number of hydrogen-bond donors (Lipinski definition) is 4. The largest absolute Gasteiger partial charge is 0.473 e. The predicted octanol–water partition coefficient (Wildman–Crippen LogP) is 7.14. The molecule has 0 unspecified atom stereocenters. The summed E-state index contributed by atoms with van der Waals surface area (Å²) in [6, 6.07) is 29.8. The monoisotopic (exact) mass is 732 g/mol. The number of carbonyl (C=O) groups is 2. The number of rotatable bonds is 6. The Morgan fingerprint density at radius 3 is 1.28 bits per heavy atom.